The van der Waals surface area contributed by atoms with E-state index in [4.69, 9.17) is 9.47 Å². The van der Waals surface area contributed by atoms with Crippen molar-refractivity contribution in [1.29, 1.82) is 0 Å². The molecule has 82 valence electrons. The molecule has 0 atom stereocenters. The first-order chi connectivity index (χ1) is 7.43. The quantitative estimate of drug-likeness (QED) is 0.483. The summed E-state index contributed by atoms with van der Waals surface area (Å²) in [5, 5.41) is 0. The Hall–Kier alpha value is -1.19. The fourth-order valence-electron chi connectivity index (χ4n) is 1.16. The minimum Gasteiger partial charge on any atom is -0.377 e. The largest absolute Gasteiger partial charge is 0.377 e. The van der Waals surface area contributed by atoms with Crippen LogP contribution < -0.4 is 0 Å². The summed E-state index contributed by atoms with van der Waals surface area (Å²) in [6.07, 6.45) is 1.57. The van der Waals surface area contributed by atoms with Crippen LogP contribution in [-0.4, -0.2) is 26.1 Å². The third-order valence-electron chi connectivity index (χ3n) is 1.87. The van der Waals surface area contributed by atoms with Crippen LogP contribution in [0.15, 0.2) is 30.3 Å². The molecule has 0 aliphatic carbocycles. The average molecular weight is 208 g/mol. The molecule has 0 saturated carbocycles. The minimum absolute atomic E-state index is 0.179. The monoisotopic (exact) mass is 208 g/mol. The van der Waals surface area contributed by atoms with Gasteiger partial charge in [-0.05, 0) is 12.0 Å². The highest BCUT2D eigenvalue weighted by Gasteiger charge is 1.92. The normalized spacial score (nSPS) is 10.1. The number of hydrogen-bond donors (Lipinski definition) is 0. The molecule has 0 saturated heterocycles. The molecule has 0 amide bonds. The summed E-state index contributed by atoms with van der Waals surface area (Å²) in [4.78, 5) is 9.92. The third kappa shape index (κ3) is 5.99. The number of hydrogen-bond acceptors (Lipinski definition) is 3. The van der Waals surface area contributed by atoms with E-state index in [1.807, 2.05) is 30.3 Å². The lowest BCUT2D eigenvalue weighted by Gasteiger charge is -2.03. The maximum absolute atomic E-state index is 9.92. The standard InChI is InChI=1S/C12H16O3/c13-7-10-14-8-4-9-15-11-12-5-2-1-3-6-12/h1-3,5-7H,4,8-11H2. The Morgan fingerprint density at radius 2 is 1.80 bits per heavy atom. The van der Waals surface area contributed by atoms with Crippen LogP contribution >= 0.6 is 0 Å². The van der Waals surface area contributed by atoms with Gasteiger partial charge in [0, 0.05) is 13.2 Å². The summed E-state index contributed by atoms with van der Waals surface area (Å²) in [7, 11) is 0. The summed E-state index contributed by atoms with van der Waals surface area (Å²) in [5.74, 6) is 0. The van der Waals surface area contributed by atoms with Crippen molar-refractivity contribution in [1.82, 2.24) is 0 Å². The van der Waals surface area contributed by atoms with Crippen LogP contribution in [0.4, 0.5) is 0 Å². The van der Waals surface area contributed by atoms with E-state index in [1.165, 1.54) is 5.56 Å². The molecule has 0 fully saturated rings. The number of carbonyl (C=O) groups excluding carboxylic acids is 1. The Labute approximate surface area is 90.0 Å². The smallest absolute Gasteiger partial charge is 0.145 e. The minimum atomic E-state index is 0.179. The summed E-state index contributed by atoms with van der Waals surface area (Å²) in [6, 6.07) is 10.0. The molecule has 0 aromatic heterocycles. The summed E-state index contributed by atoms with van der Waals surface area (Å²) in [6.45, 7) is 2.05. The van der Waals surface area contributed by atoms with Crippen LogP contribution in [0.2, 0.25) is 0 Å². The van der Waals surface area contributed by atoms with Crippen molar-refractivity contribution in [2.45, 2.75) is 13.0 Å². The SMILES string of the molecule is O=CCOCCCOCc1ccccc1. The molecule has 3 nitrogen and oxygen atoms in total. The zero-order valence-corrected chi connectivity index (χ0v) is 8.72. The van der Waals surface area contributed by atoms with Gasteiger partial charge < -0.3 is 14.3 Å². The molecule has 3 heteroatoms. The number of benzene rings is 1. The molecule has 1 aromatic rings. The number of aldehydes is 1. The van der Waals surface area contributed by atoms with E-state index < -0.39 is 0 Å². The van der Waals surface area contributed by atoms with Crippen LogP contribution in [0.5, 0.6) is 0 Å². The average Bonchev–Trinajstić information content (AvgIpc) is 2.29. The second-order valence-electron chi connectivity index (χ2n) is 3.13. The first-order valence-corrected chi connectivity index (χ1v) is 5.06. The maximum Gasteiger partial charge on any atom is 0.145 e. The Bertz CT molecular complexity index is 259. The second-order valence-corrected chi connectivity index (χ2v) is 3.13. The lowest BCUT2D eigenvalue weighted by Crippen LogP contribution is -2.02. The third-order valence-corrected chi connectivity index (χ3v) is 1.87. The van der Waals surface area contributed by atoms with Gasteiger partial charge in [0.25, 0.3) is 0 Å². The first kappa shape index (κ1) is 11.9. The Morgan fingerprint density at radius 1 is 1.07 bits per heavy atom. The molecule has 0 N–H and O–H groups in total. The van der Waals surface area contributed by atoms with E-state index >= 15 is 0 Å². The van der Waals surface area contributed by atoms with Gasteiger partial charge in [-0.3, -0.25) is 0 Å². The van der Waals surface area contributed by atoms with Gasteiger partial charge in [-0.15, -0.1) is 0 Å². The molecular formula is C12H16O3. The van der Waals surface area contributed by atoms with Gasteiger partial charge in [-0.1, -0.05) is 30.3 Å². The zero-order chi connectivity index (χ0) is 10.8. The molecular weight excluding hydrogens is 192 g/mol. The Morgan fingerprint density at radius 3 is 2.53 bits per heavy atom. The number of rotatable bonds is 8. The van der Waals surface area contributed by atoms with Crippen molar-refractivity contribution in [2.24, 2.45) is 0 Å². The second kappa shape index (κ2) is 8.15. The molecule has 0 bridgehead atoms. The van der Waals surface area contributed by atoms with Crippen molar-refractivity contribution in [3.63, 3.8) is 0 Å². The van der Waals surface area contributed by atoms with Gasteiger partial charge >= 0.3 is 0 Å². The van der Waals surface area contributed by atoms with E-state index in [0.717, 1.165) is 12.7 Å². The lowest BCUT2D eigenvalue weighted by atomic mass is 10.2. The summed E-state index contributed by atoms with van der Waals surface area (Å²) >= 11 is 0. The maximum atomic E-state index is 9.92. The van der Waals surface area contributed by atoms with Crippen LogP contribution in [-0.2, 0) is 20.9 Å². The van der Waals surface area contributed by atoms with Crippen LogP contribution in [0.3, 0.4) is 0 Å². The van der Waals surface area contributed by atoms with Crippen molar-refractivity contribution in [3.8, 4) is 0 Å². The molecule has 0 unspecified atom stereocenters. The molecule has 0 heterocycles. The van der Waals surface area contributed by atoms with Gasteiger partial charge in [0.1, 0.15) is 12.9 Å². The van der Waals surface area contributed by atoms with Crippen molar-refractivity contribution in [3.05, 3.63) is 35.9 Å². The van der Waals surface area contributed by atoms with Crippen LogP contribution in [0.1, 0.15) is 12.0 Å². The first-order valence-electron chi connectivity index (χ1n) is 5.06. The van der Waals surface area contributed by atoms with Gasteiger partial charge in [-0.2, -0.15) is 0 Å². The molecule has 15 heavy (non-hydrogen) atoms. The molecule has 0 radical (unpaired) electrons. The summed E-state index contributed by atoms with van der Waals surface area (Å²) < 4.78 is 10.4. The highest BCUT2D eigenvalue weighted by Crippen LogP contribution is 2.00. The number of carbonyl (C=O) groups is 1. The Balaban J connectivity index is 1.95. The van der Waals surface area contributed by atoms with Crippen LogP contribution in [0, 0.1) is 0 Å². The van der Waals surface area contributed by atoms with Crippen molar-refractivity contribution < 1.29 is 14.3 Å². The fraction of sp³-hybridized carbons (Fsp3) is 0.417. The predicted octanol–water partition coefficient (Wildman–Crippen LogP) is 1.81. The van der Waals surface area contributed by atoms with Crippen molar-refractivity contribution in [2.75, 3.05) is 19.8 Å². The van der Waals surface area contributed by atoms with E-state index in [2.05, 4.69) is 0 Å². The number of ether oxygens (including phenoxy) is 2. The van der Waals surface area contributed by atoms with E-state index in [0.29, 0.717) is 19.8 Å². The molecule has 0 aliphatic heterocycles. The van der Waals surface area contributed by atoms with Gasteiger partial charge in [0.15, 0.2) is 0 Å². The van der Waals surface area contributed by atoms with E-state index in [-0.39, 0.29) is 6.61 Å². The summed E-state index contributed by atoms with van der Waals surface area (Å²) in [5.41, 5.74) is 1.17. The fourth-order valence-corrected chi connectivity index (χ4v) is 1.16. The Kier molecular flexibility index (Phi) is 6.45. The van der Waals surface area contributed by atoms with Crippen molar-refractivity contribution >= 4 is 6.29 Å². The molecule has 1 rings (SSSR count). The molecule has 0 spiro atoms. The predicted molar refractivity (Wildman–Crippen MR) is 57.6 cm³/mol. The van der Waals surface area contributed by atoms with Gasteiger partial charge in [0.05, 0.1) is 6.61 Å². The van der Waals surface area contributed by atoms with Gasteiger partial charge in [-0.25, -0.2) is 0 Å². The van der Waals surface area contributed by atoms with Crippen LogP contribution in [0.25, 0.3) is 0 Å². The molecule has 1 aromatic carbocycles. The van der Waals surface area contributed by atoms with E-state index in [9.17, 15) is 4.79 Å². The topological polar surface area (TPSA) is 35.5 Å². The highest BCUT2D eigenvalue weighted by atomic mass is 16.5. The highest BCUT2D eigenvalue weighted by molar-refractivity contribution is 5.50. The lowest BCUT2D eigenvalue weighted by molar-refractivity contribution is -0.112. The van der Waals surface area contributed by atoms with E-state index in [1.54, 1.807) is 0 Å². The van der Waals surface area contributed by atoms with Gasteiger partial charge in [0.2, 0.25) is 0 Å². The molecule has 0 aliphatic rings. The zero-order valence-electron chi connectivity index (χ0n) is 8.72.